The molecule has 0 unspecified atom stereocenters. The summed E-state index contributed by atoms with van der Waals surface area (Å²) >= 11 is -0.306. The van der Waals surface area contributed by atoms with Crippen molar-refractivity contribution in [2.24, 2.45) is 7.05 Å². The van der Waals surface area contributed by atoms with E-state index in [1.807, 2.05) is 0 Å². The lowest BCUT2D eigenvalue weighted by atomic mass is 10.2. The van der Waals surface area contributed by atoms with E-state index in [0.717, 1.165) is 10.7 Å². The van der Waals surface area contributed by atoms with Crippen LogP contribution in [0.5, 0.6) is 0 Å². The molecular weight excluding hydrogens is 331 g/mol. The second-order valence-corrected chi connectivity index (χ2v) is 5.79. The summed E-state index contributed by atoms with van der Waals surface area (Å²) in [6, 6.07) is 6.68. The predicted molar refractivity (Wildman–Crippen MR) is 80.5 cm³/mol. The van der Waals surface area contributed by atoms with Gasteiger partial charge < -0.3 is 5.32 Å². The number of carbonyl (C=O) groups excluding carboxylic acids is 1. The summed E-state index contributed by atoms with van der Waals surface area (Å²) in [5.74, 6) is -0.700. The summed E-state index contributed by atoms with van der Waals surface area (Å²) in [5.41, 5.74) is -4.28. The molecule has 0 atom stereocenters. The average Bonchev–Trinajstić information content (AvgIpc) is 2.43. The lowest BCUT2D eigenvalue weighted by molar-refractivity contribution is -0.0328. The molecule has 2 rings (SSSR count). The van der Waals surface area contributed by atoms with E-state index in [9.17, 15) is 22.8 Å². The van der Waals surface area contributed by atoms with E-state index >= 15 is 0 Å². The molecule has 1 amide bonds. The normalized spacial score (nSPS) is 11.3. The van der Waals surface area contributed by atoms with Gasteiger partial charge in [0.15, 0.2) is 0 Å². The number of halogens is 3. The molecule has 0 aliphatic heterocycles. The Balaban J connectivity index is 2.30. The molecule has 23 heavy (non-hydrogen) atoms. The number of nitrogens with one attached hydrogen (secondary N) is 1. The third-order valence-electron chi connectivity index (χ3n) is 2.80. The number of carbonyl (C=O) groups is 1. The maximum absolute atomic E-state index is 12.6. The number of aryl methyl sites for hydroxylation is 2. The quantitative estimate of drug-likeness (QED) is 0.871. The van der Waals surface area contributed by atoms with Crippen LogP contribution in [0.25, 0.3) is 0 Å². The van der Waals surface area contributed by atoms with Crippen molar-refractivity contribution in [1.29, 1.82) is 0 Å². The number of benzene rings is 1. The minimum Gasteiger partial charge on any atom is -0.320 e. The van der Waals surface area contributed by atoms with Gasteiger partial charge in [-0.2, -0.15) is 18.3 Å². The van der Waals surface area contributed by atoms with Crippen molar-refractivity contribution in [2.45, 2.75) is 17.3 Å². The van der Waals surface area contributed by atoms with E-state index in [2.05, 4.69) is 10.4 Å². The van der Waals surface area contributed by atoms with Gasteiger partial charge in [0.05, 0.1) is 5.69 Å². The van der Waals surface area contributed by atoms with Gasteiger partial charge in [0, 0.05) is 18.0 Å². The Morgan fingerprint density at radius 3 is 2.57 bits per heavy atom. The molecule has 2 aromatic rings. The molecule has 1 heterocycles. The van der Waals surface area contributed by atoms with Gasteiger partial charge in [0.1, 0.15) is 5.69 Å². The maximum Gasteiger partial charge on any atom is 0.446 e. The van der Waals surface area contributed by atoms with Crippen molar-refractivity contribution >= 4 is 23.4 Å². The molecule has 0 radical (unpaired) electrons. The number of nitrogens with zero attached hydrogens (tertiary/aromatic N) is 2. The van der Waals surface area contributed by atoms with Crippen LogP contribution >= 0.6 is 11.8 Å². The topological polar surface area (TPSA) is 64.0 Å². The molecule has 0 spiro atoms. The molecule has 5 nitrogen and oxygen atoms in total. The molecule has 0 aliphatic carbocycles. The zero-order valence-corrected chi connectivity index (χ0v) is 13.0. The van der Waals surface area contributed by atoms with Crippen molar-refractivity contribution in [3.8, 4) is 0 Å². The highest BCUT2D eigenvalue weighted by atomic mass is 32.2. The van der Waals surface area contributed by atoms with Crippen LogP contribution in [0, 0.1) is 6.92 Å². The number of aromatic nitrogens is 2. The Hall–Kier alpha value is -2.29. The van der Waals surface area contributed by atoms with E-state index in [4.69, 9.17) is 0 Å². The van der Waals surface area contributed by atoms with Gasteiger partial charge in [-0.15, -0.1) is 0 Å². The first-order chi connectivity index (χ1) is 10.7. The second kappa shape index (κ2) is 6.45. The lowest BCUT2D eigenvalue weighted by Crippen LogP contribution is -2.23. The zero-order chi connectivity index (χ0) is 17.2. The van der Waals surface area contributed by atoms with E-state index in [1.165, 1.54) is 25.2 Å². The molecule has 1 aromatic heterocycles. The molecule has 122 valence electrons. The van der Waals surface area contributed by atoms with Crippen molar-refractivity contribution in [3.63, 3.8) is 0 Å². The van der Waals surface area contributed by atoms with E-state index in [0.29, 0.717) is 5.56 Å². The summed E-state index contributed by atoms with van der Waals surface area (Å²) < 4.78 is 38.8. The predicted octanol–water partition coefficient (Wildman–Crippen LogP) is 2.95. The van der Waals surface area contributed by atoms with Crippen LogP contribution in [0.1, 0.15) is 16.1 Å². The molecule has 0 saturated carbocycles. The van der Waals surface area contributed by atoms with Crippen LogP contribution in [0.2, 0.25) is 0 Å². The van der Waals surface area contributed by atoms with Gasteiger partial charge in [0.25, 0.3) is 11.5 Å². The second-order valence-electron chi connectivity index (χ2n) is 4.68. The van der Waals surface area contributed by atoms with Crippen LogP contribution in [-0.2, 0) is 7.05 Å². The third kappa shape index (κ3) is 4.59. The number of thioether (sulfide) groups is 1. The van der Waals surface area contributed by atoms with Crippen LogP contribution in [-0.4, -0.2) is 21.2 Å². The van der Waals surface area contributed by atoms with Gasteiger partial charge in [-0.1, -0.05) is 6.07 Å². The smallest absolute Gasteiger partial charge is 0.320 e. The fourth-order valence-corrected chi connectivity index (χ4v) is 2.47. The molecule has 0 aliphatic rings. The Labute approximate surface area is 133 Å². The first kappa shape index (κ1) is 17.1. The van der Waals surface area contributed by atoms with Crippen LogP contribution in [0.15, 0.2) is 40.0 Å². The highest BCUT2D eigenvalue weighted by Gasteiger charge is 2.30. The Bertz CT molecular complexity index is 803. The highest BCUT2D eigenvalue weighted by molar-refractivity contribution is 8.00. The maximum atomic E-state index is 12.6. The molecule has 0 bridgehead atoms. The molecule has 0 fully saturated rings. The Kier molecular flexibility index (Phi) is 4.79. The summed E-state index contributed by atoms with van der Waals surface area (Å²) in [6.07, 6.45) is 0. The van der Waals surface area contributed by atoms with E-state index in [1.54, 1.807) is 13.0 Å². The fraction of sp³-hybridized carbons (Fsp3) is 0.214. The molecule has 9 heteroatoms. The van der Waals surface area contributed by atoms with Gasteiger partial charge in [0.2, 0.25) is 0 Å². The Morgan fingerprint density at radius 2 is 1.96 bits per heavy atom. The third-order valence-corrected chi connectivity index (χ3v) is 3.59. The number of amides is 1. The van der Waals surface area contributed by atoms with Crippen LogP contribution in [0.3, 0.4) is 0 Å². The van der Waals surface area contributed by atoms with Gasteiger partial charge in [-0.05, 0) is 42.4 Å². The number of anilines is 1. The number of hydrogen-bond acceptors (Lipinski definition) is 4. The SMILES string of the molecule is Cc1ccc(NC(=O)c2ccc(=O)n(C)n2)c(SC(F)(F)F)c1. The largest absolute Gasteiger partial charge is 0.446 e. The van der Waals surface area contributed by atoms with Crippen LogP contribution < -0.4 is 10.9 Å². The van der Waals surface area contributed by atoms with E-state index < -0.39 is 17.0 Å². The monoisotopic (exact) mass is 343 g/mol. The number of rotatable bonds is 3. The van der Waals surface area contributed by atoms with Crippen molar-refractivity contribution in [2.75, 3.05) is 5.32 Å². The standard InChI is InChI=1S/C14H12F3N3O2S/c1-8-3-4-9(11(7-8)23-14(15,16)17)18-13(22)10-5-6-12(21)20(2)19-10/h3-7H,1-2H3,(H,18,22). The molecule has 0 saturated heterocycles. The minimum atomic E-state index is -4.47. The Morgan fingerprint density at radius 1 is 1.26 bits per heavy atom. The van der Waals surface area contributed by atoms with Gasteiger partial charge >= 0.3 is 5.51 Å². The first-order valence-corrected chi connectivity index (χ1v) is 7.19. The summed E-state index contributed by atoms with van der Waals surface area (Å²) in [7, 11) is 1.37. The lowest BCUT2D eigenvalue weighted by Gasteiger charge is -2.13. The van der Waals surface area contributed by atoms with Crippen molar-refractivity contribution in [3.05, 3.63) is 51.9 Å². The number of hydrogen-bond donors (Lipinski definition) is 1. The van der Waals surface area contributed by atoms with Gasteiger partial charge in [-0.3, -0.25) is 9.59 Å². The van der Waals surface area contributed by atoms with Crippen LogP contribution in [0.4, 0.5) is 18.9 Å². The number of alkyl halides is 3. The first-order valence-electron chi connectivity index (χ1n) is 6.38. The minimum absolute atomic E-state index is 0.0265. The average molecular weight is 343 g/mol. The highest BCUT2D eigenvalue weighted by Crippen LogP contribution is 2.40. The van der Waals surface area contributed by atoms with Gasteiger partial charge in [-0.25, -0.2) is 4.68 Å². The van der Waals surface area contributed by atoms with E-state index in [-0.39, 0.29) is 28.0 Å². The fourth-order valence-electron chi connectivity index (χ4n) is 1.75. The molecular formula is C14H12F3N3O2S. The van der Waals surface area contributed by atoms with Crippen molar-refractivity contribution < 1.29 is 18.0 Å². The summed E-state index contributed by atoms with van der Waals surface area (Å²) in [4.78, 5) is 23.2. The summed E-state index contributed by atoms with van der Waals surface area (Å²) in [6.45, 7) is 1.65. The summed E-state index contributed by atoms with van der Waals surface area (Å²) in [5, 5.41) is 6.14. The molecule has 1 N–H and O–H groups in total. The van der Waals surface area contributed by atoms with Crippen molar-refractivity contribution in [1.82, 2.24) is 9.78 Å². The zero-order valence-electron chi connectivity index (χ0n) is 12.1. The molecule has 1 aromatic carbocycles.